The first-order valence-corrected chi connectivity index (χ1v) is 11.9. The van der Waals surface area contributed by atoms with Crippen LogP contribution in [0, 0.1) is 20.8 Å². The summed E-state index contributed by atoms with van der Waals surface area (Å²) < 4.78 is 1.84. The Morgan fingerprint density at radius 2 is 1.71 bits per heavy atom. The molecule has 4 rings (SSSR count). The van der Waals surface area contributed by atoms with Crippen LogP contribution in [0.1, 0.15) is 41.6 Å². The molecule has 7 nitrogen and oxygen atoms in total. The van der Waals surface area contributed by atoms with Gasteiger partial charge in [-0.15, -0.1) is 0 Å². The standard InChI is InChI=1S/C28H31N5O2/c1-5-32(24-9-7-6-8-10-24)28(35)18-22-11-13-23(14-12-22)30-27(34)16-15-25-20(3)29-26-17-19(2)31-33(26)21(25)4/h6-14,17H,5,15-16,18H2,1-4H3,(H,30,34). The van der Waals surface area contributed by atoms with Crippen molar-refractivity contribution in [3.63, 3.8) is 0 Å². The predicted molar refractivity (Wildman–Crippen MR) is 139 cm³/mol. The van der Waals surface area contributed by atoms with Crippen LogP contribution >= 0.6 is 0 Å². The number of anilines is 2. The van der Waals surface area contributed by atoms with E-state index in [4.69, 9.17) is 0 Å². The lowest BCUT2D eigenvalue weighted by Crippen LogP contribution is -2.31. The van der Waals surface area contributed by atoms with E-state index >= 15 is 0 Å². The van der Waals surface area contributed by atoms with Crippen LogP contribution < -0.4 is 10.2 Å². The molecular weight excluding hydrogens is 438 g/mol. The smallest absolute Gasteiger partial charge is 0.231 e. The van der Waals surface area contributed by atoms with Crippen molar-refractivity contribution in [1.82, 2.24) is 14.6 Å². The Bertz CT molecular complexity index is 1340. The molecule has 2 aromatic carbocycles. The van der Waals surface area contributed by atoms with Crippen molar-refractivity contribution >= 4 is 28.8 Å². The summed E-state index contributed by atoms with van der Waals surface area (Å²) in [6.45, 7) is 8.51. The Hall–Kier alpha value is -4.00. The lowest BCUT2D eigenvalue weighted by atomic mass is 10.1. The molecule has 4 aromatic rings. The number of hydrogen-bond donors (Lipinski definition) is 1. The molecule has 0 aliphatic rings. The van der Waals surface area contributed by atoms with E-state index in [0.29, 0.717) is 31.5 Å². The van der Waals surface area contributed by atoms with Gasteiger partial charge in [-0.25, -0.2) is 9.50 Å². The third kappa shape index (κ3) is 5.57. The topological polar surface area (TPSA) is 79.6 Å². The molecule has 0 radical (unpaired) electrons. The maximum absolute atomic E-state index is 12.8. The van der Waals surface area contributed by atoms with Crippen molar-refractivity contribution in [3.8, 4) is 0 Å². The molecule has 2 aromatic heterocycles. The Labute approximate surface area is 205 Å². The van der Waals surface area contributed by atoms with Crippen LogP contribution in [0.3, 0.4) is 0 Å². The number of para-hydroxylation sites is 1. The van der Waals surface area contributed by atoms with E-state index in [-0.39, 0.29) is 11.8 Å². The van der Waals surface area contributed by atoms with Crippen molar-refractivity contribution in [1.29, 1.82) is 0 Å². The first-order valence-electron chi connectivity index (χ1n) is 11.9. The molecule has 2 amide bonds. The molecule has 180 valence electrons. The second-order valence-electron chi connectivity index (χ2n) is 8.71. The number of aromatic nitrogens is 3. The van der Waals surface area contributed by atoms with Crippen LogP contribution in [0.4, 0.5) is 11.4 Å². The van der Waals surface area contributed by atoms with Crippen molar-refractivity contribution in [2.75, 3.05) is 16.8 Å². The number of benzene rings is 2. The fourth-order valence-corrected chi connectivity index (χ4v) is 4.35. The normalized spacial score (nSPS) is 11.0. The largest absolute Gasteiger partial charge is 0.326 e. The predicted octanol–water partition coefficient (Wildman–Crippen LogP) is 4.82. The number of carbonyl (C=O) groups excluding carboxylic acids is 2. The summed E-state index contributed by atoms with van der Waals surface area (Å²) in [6, 6.07) is 19.1. The van der Waals surface area contributed by atoms with Gasteiger partial charge in [-0.1, -0.05) is 30.3 Å². The Kier molecular flexibility index (Phi) is 7.25. The minimum Gasteiger partial charge on any atom is -0.326 e. The average Bonchev–Trinajstić information content (AvgIpc) is 3.21. The first-order chi connectivity index (χ1) is 16.9. The van der Waals surface area contributed by atoms with E-state index in [2.05, 4.69) is 15.4 Å². The van der Waals surface area contributed by atoms with Crippen LogP contribution in [0.2, 0.25) is 0 Å². The zero-order chi connectivity index (χ0) is 24.9. The third-order valence-electron chi connectivity index (χ3n) is 6.17. The first kappa shape index (κ1) is 24.1. The highest BCUT2D eigenvalue weighted by atomic mass is 16.2. The lowest BCUT2D eigenvalue weighted by Gasteiger charge is -2.21. The highest BCUT2D eigenvalue weighted by Gasteiger charge is 2.15. The van der Waals surface area contributed by atoms with Gasteiger partial charge in [-0.3, -0.25) is 9.59 Å². The van der Waals surface area contributed by atoms with Gasteiger partial charge in [0.15, 0.2) is 5.65 Å². The third-order valence-corrected chi connectivity index (χ3v) is 6.17. The molecular formula is C28H31N5O2. The SMILES string of the molecule is CCN(C(=O)Cc1ccc(NC(=O)CCc2c(C)nc3cc(C)nn3c2C)cc1)c1ccccc1. The Balaban J connectivity index is 1.34. The molecule has 35 heavy (non-hydrogen) atoms. The maximum atomic E-state index is 12.8. The summed E-state index contributed by atoms with van der Waals surface area (Å²) in [6.07, 6.45) is 1.24. The molecule has 0 atom stereocenters. The van der Waals surface area contributed by atoms with Crippen LogP contribution in [0.5, 0.6) is 0 Å². The Morgan fingerprint density at radius 1 is 1.00 bits per heavy atom. The molecule has 0 spiro atoms. The summed E-state index contributed by atoms with van der Waals surface area (Å²) in [5, 5.41) is 7.45. The molecule has 0 saturated carbocycles. The highest BCUT2D eigenvalue weighted by molar-refractivity contribution is 5.95. The van der Waals surface area contributed by atoms with E-state index in [1.165, 1.54) is 0 Å². The molecule has 7 heteroatoms. The molecule has 1 N–H and O–H groups in total. The number of nitrogens with one attached hydrogen (secondary N) is 1. The van der Waals surface area contributed by atoms with Crippen molar-refractivity contribution in [2.24, 2.45) is 0 Å². The fourth-order valence-electron chi connectivity index (χ4n) is 4.35. The number of rotatable bonds is 8. The Morgan fingerprint density at radius 3 is 2.40 bits per heavy atom. The molecule has 0 aliphatic carbocycles. The summed E-state index contributed by atoms with van der Waals surface area (Å²) in [4.78, 5) is 31.8. The van der Waals surface area contributed by atoms with Gasteiger partial charge in [-0.05, 0) is 69.5 Å². The number of carbonyl (C=O) groups is 2. The monoisotopic (exact) mass is 469 g/mol. The highest BCUT2D eigenvalue weighted by Crippen LogP contribution is 2.19. The summed E-state index contributed by atoms with van der Waals surface area (Å²) in [7, 11) is 0. The molecule has 0 saturated heterocycles. The molecule has 0 bridgehead atoms. The van der Waals surface area contributed by atoms with E-state index in [1.54, 1.807) is 4.90 Å². The zero-order valence-corrected chi connectivity index (χ0v) is 20.7. The number of aryl methyl sites for hydroxylation is 3. The number of likely N-dealkylation sites (N-methyl/N-ethyl adjacent to an activating group) is 1. The van der Waals surface area contributed by atoms with Gasteiger partial charge in [-0.2, -0.15) is 5.10 Å². The molecule has 2 heterocycles. The minimum absolute atomic E-state index is 0.0409. The van der Waals surface area contributed by atoms with E-state index in [0.717, 1.165) is 39.5 Å². The summed E-state index contributed by atoms with van der Waals surface area (Å²) in [5.41, 5.74) is 7.24. The van der Waals surface area contributed by atoms with Gasteiger partial charge in [0, 0.05) is 41.8 Å². The average molecular weight is 470 g/mol. The molecule has 0 aliphatic heterocycles. The van der Waals surface area contributed by atoms with Crippen molar-refractivity contribution in [3.05, 3.63) is 88.9 Å². The van der Waals surface area contributed by atoms with E-state index < -0.39 is 0 Å². The second kappa shape index (κ2) is 10.5. The van der Waals surface area contributed by atoms with Crippen LogP contribution in [-0.2, 0) is 22.4 Å². The van der Waals surface area contributed by atoms with Crippen molar-refractivity contribution < 1.29 is 9.59 Å². The maximum Gasteiger partial charge on any atom is 0.231 e. The van der Waals surface area contributed by atoms with Gasteiger partial charge >= 0.3 is 0 Å². The van der Waals surface area contributed by atoms with Crippen LogP contribution in [-0.4, -0.2) is 33.0 Å². The molecule has 0 unspecified atom stereocenters. The van der Waals surface area contributed by atoms with Gasteiger partial charge < -0.3 is 10.2 Å². The lowest BCUT2D eigenvalue weighted by molar-refractivity contribution is -0.118. The van der Waals surface area contributed by atoms with Gasteiger partial charge in [0.25, 0.3) is 0 Å². The molecule has 0 fully saturated rings. The van der Waals surface area contributed by atoms with E-state index in [1.807, 2.05) is 92.9 Å². The minimum atomic E-state index is -0.0643. The summed E-state index contributed by atoms with van der Waals surface area (Å²) in [5.74, 6) is -0.0233. The number of nitrogens with zero attached hydrogens (tertiary/aromatic N) is 4. The second-order valence-corrected chi connectivity index (χ2v) is 8.71. The van der Waals surface area contributed by atoms with Crippen LogP contribution in [0.15, 0.2) is 60.7 Å². The van der Waals surface area contributed by atoms with Gasteiger partial charge in [0.1, 0.15) is 0 Å². The van der Waals surface area contributed by atoms with Gasteiger partial charge in [0.05, 0.1) is 12.1 Å². The number of fused-ring (bicyclic) bond motifs is 1. The zero-order valence-electron chi connectivity index (χ0n) is 20.7. The number of amides is 2. The van der Waals surface area contributed by atoms with Gasteiger partial charge in [0.2, 0.25) is 11.8 Å². The quantitative estimate of drug-likeness (QED) is 0.401. The van der Waals surface area contributed by atoms with E-state index in [9.17, 15) is 9.59 Å². The fraction of sp³-hybridized carbons (Fsp3) is 0.286. The van der Waals surface area contributed by atoms with Crippen LogP contribution in [0.25, 0.3) is 5.65 Å². The van der Waals surface area contributed by atoms with Crippen molar-refractivity contribution in [2.45, 2.75) is 47.0 Å². The summed E-state index contributed by atoms with van der Waals surface area (Å²) >= 11 is 0. The number of hydrogen-bond acceptors (Lipinski definition) is 4.